The molecule has 0 aromatic heterocycles. The molecular formula is C15H11N. The zero-order valence-electron chi connectivity index (χ0n) is 9.07. The van der Waals surface area contributed by atoms with Crippen LogP contribution in [0.5, 0.6) is 0 Å². The Morgan fingerprint density at radius 2 is 1.31 bits per heavy atom. The summed E-state index contributed by atoms with van der Waals surface area (Å²) in [5.74, 6) is 0. The zero-order valence-corrected chi connectivity index (χ0v) is 9.07. The van der Waals surface area contributed by atoms with E-state index in [0.717, 1.165) is 11.1 Å². The molecule has 0 fully saturated rings. The number of nitriles is 1. The first-order valence-corrected chi connectivity index (χ1v) is 5.38. The van der Waals surface area contributed by atoms with Crippen LogP contribution in [0.15, 0.2) is 48.5 Å². The third-order valence-electron chi connectivity index (χ3n) is 3.45. The monoisotopic (exact) mass is 205 g/mol. The Morgan fingerprint density at radius 1 is 0.875 bits per heavy atom. The Hall–Kier alpha value is -2.07. The molecule has 1 heteroatoms. The second-order valence-electron chi connectivity index (χ2n) is 4.33. The van der Waals surface area contributed by atoms with Crippen LogP contribution in [0.4, 0.5) is 0 Å². The van der Waals surface area contributed by atoms with Gasteiger partial charge in [-0.05, 0) is 29.2 Å². The van der Waals surface area contributed by atoms with Crippen LogP contribution in [0, 0.1) is 11.3 Å². The van der Waals surface area contributed by atoms with Gasteiger partial charge >= 0.3 is 0 Å². The van der Waals surface area contributed by atoms with Crippen molar-refractivity contribution in [3.8, 4) is 17.2 Å². The van der Waals surface area contributed by atoms with Crippen LogP contribution in [0.3, 0.4) is 0 Å². The predicted octanol–water partition coefficient (Wildman–Crippen LogP) is 3.50. The summed E-state index contributed by atoms with van der Waals surface area (Å²) >= 11 is 0. The standard InChI is InChI=1S/C15H11N/c1-15(10-16)13-8-4-2-6-11(13)12-7-3-5-9-14(12)15/h2-9H,1H3. The number of fused-ring (bicyclic) bond motifs is 3. The molecule has 76 valence electrons. The molecule has 0 unspecified atom stereocenters. The van der Waals surface area contributed by atoms with E-state index in [1.807, 2.05) is 31.2 Å². The minimum Gasteiger partial charge on any atom is -0.197 e. The van der Waals surface area contributed by atoms with Crippen molar-refractivity contribution in [3.63, 3.8) is 0 Å². The quantitative estimate of drug-likeness (QED) is 0.645. The van der Waals surface area contributed by atoms with Crippen molar-refractivity contribution in [2.45, 2.75) is 12.3 Å². The predicted molar refractivity (Wildman–Crippen MR) is 63.9 cm³/mol. The Bertz CT molecular complexity index is 559. The van der Waals surface area contributed by atoms with Crippen molar-refractivity contribution in [3.05, 3.63) is 59.7 Å². The maximum atomic E-state index is 9.47. The van der Waals surface area contributed by atoms with Crippen molar-refractivity contribution in [1.82, 2.24) is 0 Å². The lowest BCUT2D eigenvalue weighted by Crippen LogP contribution is -2.17. The Labute approximate surface area is 95.0 Å². The van der Waals surface area contributed by atoms with Crippen LogP contribution in [0.1, 0.15) is 18.1 Å². The molecule has 16 heavy (non-hydrogen) atoms. The first kappa shape index (κ1) is 9.18. The van der Waals surface area contributed by atoms with Crippen LogP contribution in [-0.4, -0.2) is 0 Å². The van der Waals surface area contributed by atoms with Crippen molar-refractivity contribution < 1.29 is 0 Å². The summed E-state index contributed by atoms with van der Waals surface area (Å²) in [5.41, 5.74) is 4.15. The molecule has 0 saturated heterocycles. The molecule has 0 amide bonds. The fraction of sp³-hybridized carbons (Fsp3) is 0.133. The maximum Gasteiger partial charge on any atom is 0.105 e. The Morgan fingerprint density at radius 3 is 1.75 bits per heavy atom. The lowest BCUT2D eigenvalue weighted by molar-refractivity contribution is 0.764. The van der Waals surface area contributed by atoms with Crippen molar-refractivity contribution in [2.24, 2.45) is 0 Å². The largest absolute Gasteiger partial charge is 0.197 e. The summed E-state index contributed by atoms with van der Waals surface area (Å²) in [6, 6.07) is 18.8. The van der Waals surface area contributed by atoms with E-state index >= 15 is 0 Å². The molecule has 1 aliphatic rings. The molecule has 0 saturated carbocycles. The van der Waals surface area contributed by atoms with E-state index in [9.17, 15) is 5.26 Å². The van der Waals surface area contributed by atoms with Gasteiger partial charge in [0.25, 0.3) is 0 Å². The average molecular weight is 205 g/mol. The molecule has 0 aliphatic heterocycles. The van der Waals surface area contributed by atoms with E-state index < -0.39 is 5.41 Å². The molecule has 2 aromatic rings. The van der Waals surface area contributed by atoms with E-state index in [2.05, 4.69) is 30.3 Å². The van der Waals surface area contributed by atoms with Gasteiger partial charge in [-0.1, -0.05) is 48.5 Å². The van der Waals surface area contributed by atoms with Crippen molar-refractivity contribution in [1.29, 1.82) is 5.26 Å². The molecule has 1 nitrogen and oxygen atoms in total. The summed E-state index contributed by atoms with van der Waals surface area (Å²) in [6.07, 6.45) is 0. The van der Waals surface area contributed by atoms with Gasteiger partial charge in [0.1, 0.15) is 5.41 Å². The number of benzene rings is 2. The van der Waals surface area contributed by atoms with E-state index in [1.54, 1.807) is 0 Å². The maximum absolute atomic E-state index is 9.47. The van der Waals surface area contributed by atoms with E-state index in [0.29, 0.717) is 0 Å². The first-order chi connectivity index (χ1) is 7.77. The number of hydrogen-bond donors (Lipinski definition) is 0. The van der Waals surface area contributed by atoms with Gasteiger partial charge in [0.15, 0.2) is 0 Å². The topological polar surface area (TPSA) is 23.8 Å². The van der Waals surface area contributed by atoms with Gasteiger partial charge in [0, 0.05) is 0 Å². The third kappa shape index (κ3) is 0.940. The summed E-state index contributed by atoms with van der Waals surface area (Å²) in [7, 11) is 0. The fourth-order valence-electron chi connectivity index (χ4n) is 2.57. The number of rotatable bonds is 0. The second kappa shape index (κ2) is 2.96. The van der Waals surface area contributed by atoms with Gasteiger partial charge in [-0.3, -0.25) is 0 Å². The van der Waals surface area contributed by atoms with Gasteiger partial charge in [-0.15, -0.1) is 0 Å². The highest BCUT2D eigenvalue weighted by Crippen LogP contribution is 2.47. The van der Waals surface area contributed by atoms with Crippen LogP contribution in [0.25, 0.3) is 11.1 Å². The molecule has 0 heterocycles. The van der Waals surface area contributed by atoms with E-state index in [1.165, 1.54) is 11.1 Å². The molecule has 3 rings (SSSR count). The lowest BCUT2D eigenvalue weighted by atomic mass is 9.82. The molecule has 0 N–H and O–H groups in total. The van der Waals surface area contributed by atoms with E-state index in [-0.39, 0.29) is 0 Å². The zero-order chi connectivity index (χ0) is 11.2. The smallest absolute Gasteiger partial charge is 0.105 e. The molecule has 0 radical (unpaired) electrons. The minimum atomic E-state index is -0.493. The van der Waals surface area contributed by atoms with E-state index in [4.69, 9.17) is 0 Å². The Balaban J connectivity index is 2.45. The average Bonchev–Trinajstić information content (AvgIpc) is 2.62. The number of hydrogen-bond acceptors (Lipinski definition) is 1. The SMILES string of the molecule is CC1(C#N)c2ccccc2-c2ccccc21. The third-order valence-corrected chi connectivity index (χ3v) is 3.45. The van der Waals surface area contributed by atoms with Crippen LogP contribution < -0.4 is 0 Å². The summed E-state index contributed by atoms with van der Waals surface area (Å²) in [4.78, 5) is 0. The van der Waals surface area contributed by atoms with Gasteiger partial charge < -0.3 is 0 Å². The van der Waals surface area contributed by atoms with Crippen LogP contribution >= 0.6 is 0 Å². The fourth-order valence-corrected chi connectivity index (χ4v) is 2.57. The van der Waals surface area contributed by atoms with Gasteiger partial charge in [0.05, 0.1) is 6.07 Å². The highest BCUT2D eigenvalue weighted by Gasteiger charge is 2.38. The van der Waals surface area contributed by atoms with Crippen molar-refractivity contribution >= 4 is 0 Å². The summed E-state index contributed by atoms with van der Waals surface area (Å²) < 4.78 is 0. The summed E-state index contributed by atoms with van der Waals surface area (Å²) in [6.45, 7) is 2.00. The van der Waals surface area contributed by atoms with Crippen molar-refractivity contribution in [2.75, 3.05) is 0 Å². The minimum absolute atomic E-state index is 0.493. The highest BCUT2D eigenvalue weighted by molar-refractivity contribution is 5.82. The molecule has 0 bridgehead atoms. The van der Waals surface area contributed by atoms with Crippen LogP contribution in [-0.2, 0) is 5.41 Å². The van der Waals surface area contributed by atoms with Gasteiger partial charge in [-0.2, -0.15) is 5.26 Å². The molecule has 0 spiro atoms. The summed E-state index contributed by atoms with van der Waals surface area (Å²) in [5, 5.41) is 9.47. The molecule has 1 aliphatic carbocycles. The van der Waals surface area contributed by atoms with Gasteiger partial charge in [-0.25, -0.2) is 0 Å². The lowest BCUT2D eigenvalue weighted by Gasteiger charge is -2.17. The molecule has 0 atom stereocenters. The van der Waals surface area contributed by atoms with Crippen LogP contribution in [0.2, 0.25) is 0 Å². The molecule has 2 aromatic carbocycles. The first-order valence-electron chi connectivity index (χ1n) is 5.38. The normalized spacial score (nSPS) is 15.0. The Kier molecular flexibility index (Phi) is 1.70. The van der Waals surface area contributed by atoms with Gasteiger partial charge in [0.2, 0.25) is 0 Å². The molecular weight excluding hydrogens is 194 g/mol. The number of nitrogens with zero attached hydrogens (tertiary/aromatic N) is 1. The second-order valence-corrected chi connectivity index (χ2v) is 4.33. The highest BCUT2D eigenvalue weighted by atomic mass is 14.4.